The van der Waals surface area contributed by atoms with E-state index in [0.29, 0.717) is 0 Å². The summed E-state index contributed by atoms with van der Waals surface area (Å²) in [4.78, 5) is 0. The number of benzene rings is 2. The van der Waals surface area contributed by atoms with E-state index in [9.17, 15) is 5.11 Å². The van der Waals surface area contributed by atoms with E-state index in [-0.39, 0.29) is 6.10 Å². The Morgan fingerprint density at radius 3 is 2.62 bits per heavy atom. The topological polar surface area (TPSA) is 20.2 Å². The first-order valence-electron chi connectivity index (χ1n) is 5.98. The van der Waals surface area contributed by atoms with Gasteiger partial charge in [0, 0.05) is 0 Å². The molecule has 0 aromatic heterocycles. The Morgan fingerprint density at radius 2 is 1.81 bits per heavy atom. The predicted octanol–water partition coefficient (Wildman–Crippen LogP) is 4.06. The minimum absolute atomic E-state index is 0.328. The lowest BCUT2D eigenvalue weighted by molar-refractivity contribution is 0.166. The lowest BCUT2D eigenvalue weighted by atomic mass is 9.97. The van der Waals surface area contributed by atoms with Crippen LogP contribution in [0.5, 0.6) is 0 Å². The maximum atomic E-state index is 10.1. The van der Waals surface area contributed by atoms with Crippen molar-refractivity contribution in [2.75, 3.05) is 0 Å². The maximum absolute atomic E-state index is 10.1. The highest BCUT2D eigenvalue weighted by Gasteiger charge is 2.09. The molecule has 1 heteroatoms. The first-order chi connectivity index (χ1) is 7.83. The van der Waals surface area contributed by atoms with E-state index in [2.05, 4.69) is 25.1 Å². The Morgan fingerprint density at radius 1 is 1.06 bits per heavy atom. The summed E-state index contributed by atoms with van der Waals surface area (Å²) in [6.07, 6.45) is 2.72. The molecule has 0 fully saturated rings. The molecule has 0 saturated carbocycles. The lowest BCUT2D eigenvalue weighted by Gasteiger charge is -2.13. The normalized spacial score (nSPS) is 12.9. The van der Waals surface area contributed by atoms with Gasteiger partial charge in [-0.1, -0.05) is 62.2 Å². The summed E-state index contributed by atoms with van der Waals surface area (Å²) >= 11 is 0. The minimum atomic E-state index is -0.328. The van der Waals surface area contributed by atoms with Gasteiger partial charge in [0.2, 0.25) is 0 Å². The molecule has 2 rings (SSSR count). The van der Waals surface area contributed by atoms with Gasteiger partial charge in [0.25, 0.3) is 0 Å². The van der Waals surface area contributed by atoms with Crippen molar-refractivity contribution in [2.45, 2.75) is 32.3 Å². The lowest BCUT2D eigenvalue weighted by Crippen LogP contribution is -1.98. The Balaban J connectivity index is 2.36. The zero-order valence-electron chi connectivity index (χ0n) is 9.69. The first kappa shape index (κ1) is 11.2. The van der Waals surface area contributed by atoms with Crippen LogP contribution in [-0.4, -0.2) is 5.11 Å². The molecule has 0 aliphatic rings. The van der Waals surface area contributed by atoms with Crippen LogP contribution < -0.4 is 0 Å². The van der Waals surface area contributed by atoms with Gasteiger partial charge in [-0.25, -0.2) is 0 Å². The van der Waals surface area contributed by atoms with Crippen molar-refractivity contribution in [1.29, 1.82) is 0 Å². The highest BCUT2D eigenvalue weighted by Crippen LogP contribution is 2.27. The van der Waals surface area contributed by atoms with E-state index in [1.807, 2.05) is 24.3 Å². The van der Waals surface area contributed by atoms with E-state index < -0.39 is 0 Å². The van der Waals surface area contributed by atoms with Crippen molar-refractivity contribution >= 4 is 10.8 Å². The van der Waals surface area contributed by atoms with Gasteiger partial charge < -0.3 is 5.11 Å². The molecule has 0 aliphatic heterocycles. The molecule has 1 N–H and O–H groups in total. The fourth-order valence-electron chi connectivity index (χ4n) is 2.09. The van der Waals surface area contributed by atoms with E-state index in [4.69, 9.17) is 0 Å². The molecule has 1 atom stereocenters. The molecule has 1 nitrogen and oxygen atoms in total. The molecule has 84 valence electrons. The number of hydrogen-bond acceptors (Lipinski definition) is 1. The fraction of sp³-hybridized carbons (Fsp3) is 0.333. The SMILES string of the molecule is CCCC[C@H](O)c1cccc2ccccc12. The number of aliphatic hydroxyl groups is 1. The number of fused-ring (bicyclic) bond motifs is 1. The maximum Gasteiger partial charge on any atom is 0.0796 e. The van der Waals surface area contributed by atoms with Crippen molar-refractivity contribution < 1.29 is 5.11 Å². The average Bonchev–Trinajstić information content (AvgIpc) is 2.35. The highest BCUT2D eigenvalue weighted by molar-refractivity contribution is 5.85. The third-order valence-corrected chi connectivity index (χ3v) is 3.01. The van der Waals surface area contributed by atoms with Gasteiger partial charge in [0.05, 0.1) is 6.10 Å². The van der Waals surface area contributed by atoms with Crippen molar-refractivity contribution in [3.05, 3.63) is 48.0 Å². The van der Waals surface area contributed by atoms with Crippen LogP contribution in [0.2, 0.25) is 0 Å². The number of aliphatic hydroxyl groups excluding tert-OH is 1. The van der Waals surface area contributed by atoms with Crippen LogP contribution >= 0.6 is 0 Å². The summed E-state index contributed by atoms with van der Waals surface area (Å²) in [5.74, 6) is 0. The highest BCUT2D eigenvalue weighted by atomic mass is 16.3. The van der Waals surface area contributed by atoms with Crippen LogP contribution in [0.4, 0.5) is 0 Å². The monoisotopic (exact) mass is 214 g/mol. The summed E-state index contributed by atoms with van der Waals surface area (Å²) in [7, 11) is 0. The van der Waals surface area contributed by atoms with E-state index >= 15 is 0 Å². The molecular formula is C15H18O. The van der Waals surface area contributed by atoms with Crippen molar-refractivity contribution in [1.82, 2.24) is 0 Å². The summed E-state index contributed by atoms with van der Waals surface area (Å²) in [6, 6.07) is 14.4. The van der Waals surface area contributed by atoms with Gasteiger partial charge in [-0.05, 0) is 22.8 Å². The van der Waals surface area contributed by atoms with Crippen LogP contribution in [0.1, 0.15) is 37.9 Å². The minimum Gasteiger partial charge on any atom is -0.388 e. The molecule has 0 spiro atoms. The summed E-state index contributed by atoms with van der Waals surface area (Å²) in [5, 5.41) is 12.5. The molecule has 0 bridgehead atoms. The Labute approximate surface area is 96.7 Å². The molecule has 0 heterocycles. The molecule has 0 aliphatic carbocycles. The van der Waals surface area contributed by atoms with Gasteiger partial charge in [-0.3, -0.25) is 0 Å². The van der Waals surface area contributed by atoms with Crippen LogP contribution in [0.25, 0.3) is 10.8 Å². The van der Waals surface area contributed by atoms with Crippen molar-refractivity contribution in [3.8, 4) is 0 Å². The van der Waals surface area contributed by atoms with Gasteiger partial charge in [-0.15, -0.1) is 0 Å². The second-order valence-electron chi connectivity index (χ2n) is 4.23. The van der Waals surface area contributed by atoms with E-state index in [1.54, 1.807) is 0 Å². The van der Waals surface area contributed by atoms with E-state index in [1.165, 1.54) is 10.8 Å². The fourth-order valence-corrected chi connectivity index (χ4v) is 2.09. The van der Waals surface area contributed by atoms with Crippen LogP contribution in [0.3, 0.4) is 0 Å². The summed E-state index contributed by atoms with van der Waals surface area (Å²) in [6.45, 7) is 2.15. The zero-order valence-corrected chi connectivity index (χ0v) is 9.69. The molecule has 16 heavy (non-hydrogen) atoms. The molecule has 0 unspecified atom stereocenters. The quantitative estimate of drug-likeness (QED) is 0.813. The summed E-state index contributed by atoms with van der Waals surface area (Å²) in [5.41, 5.74) is 1.06. The summed E-state index contributed by atoms with van der Waals surface area (Å²) < 4.78 is 0. The molecule has 0 saturated heterocycles. The molecular weight excluding hydrogens is 196 g/mol. The number of unbranched alkanes of at least 4 members (excludes halogenated alkanes) is 1. The third kappa shape index (κ3) is 2.25. The first-order valence-corrected chi connectivity index (χ1v) is 5.98. The number of hydrogen-bond donors (Lipinski definition) is 1. The second-order valence-corrected chi connectivity index (χ2v) is 4.23. The second kappa shape index (κ2) is 5.13. The molecule has 0 amide bonds. The Bertz CT molecular complexity index is 456. The molecule has 2 aromatic carbocycles. The smallest absolute Gasteiger partial charge is 0.0796 e. The van der Waals surface area contributed by atoms with Crippen LogP contribution in [0, 0.1) is 0 Å². The standard InChI is InChI=1S/C15H18O/c1-2-3-11-15(16)14-10-6-8-12-7-4-5-9-13(12)14/h4-10,15-16H,2-3,11H2,1H3/t15-/m0/s1. The van der Waals surface area contributed by atoms with Crippen LogP contribution in [0.15, 0.2) is 42.5 Å². The molecule has 0 radical (unpaired) electrons. The van der Waals surface area contributed by atoms with Gasteiger partial charge in [0.1, 0.15) is 0 Å². The zero-order chi connectivity index (χ0) is 11.4. The third-order valence-electron chi connectivity index (χ3n) is 3.01. The van der Waals surface area contributed by atoms with Crippen LogP contribution in [-0.2, 0) is 0 Å². The molecule has 2 aromatic rings. The number of rotatable bonds is 4. The van der Waals surface area contributed by atoms with Gasteiger partial charge in [-0.2, -0.15) is 0 Å². The average molecular weight is 214 g/mol. The van der Waals surface area contributed by atoms with Gasteiger partial charge in [0.15, 0.2) is 0 Å². The van der Waals surface area contributed by atoms with E-state index in [0.717, 1.165) is 24.8 Å². The Hall–Kier alpha value is -1.34. The predicted molar refractivity (Wildman–Crippen MR) is 68.4 cm³/mol. The van der Waals surface area contributed by atoms with Crippen molar-refractivity contribution in [3.63, 3.8) is 0 Å². The van der Waals surface area contributed by atoms with Crippen molar-refractivity contribution in [2.24, 2.45) is 0 Å². The Kier molecular flexibility index (Phi) is 3.58. The van der Waals surface area contributed by atoms with Gasteiger partial charge >= 0.3 is 0 Å². The largest absolute Gasteiger partial charge is 0.388 e.